The molecule has 0 aromatic heterocycles. The van der Waals surface area contributed by atoms with Crippen molar-refractivity contribution in [2.45, 2.75) is 38.7 Å². The molecule has 0 fully saturated rings. The lowest BCUT2D eigenvalue weighted by atomic mass is 10.1. The van der Waals surface area contributed by atoms with Gasteiger partial charge in [0.2, 0.25) is 10.0 Å². The van der Waals surface area contributed by atoms with Gasteiger partial charge in [0, 0.05) is 0 Å². The lowest BCUT2D eigenvalue weighted by Gasteiger charge is -2.17. The predicted molar refractivity (Wildman–Crippen MR) is 78.7 cm³/mol. The minimum absolute atomic E-state index is 0.119. The number of esters is 1. The maximum atomic E-state index is 12.0. The number of nitrogens with two attached hydrogens (primary N) is 1. The summed E-state index contributed by atoms with van der Waals surface area (Å²) in [4.78, 5) is 11.8. The van der Waals surface area contributed by atoms with Crippen molar-refractivity contribution in [3.8, 4) is 5.75 Å². The smallest absolute Gasteiger partial charge is 0.338 e. The lowest BCUT2D eigenvalue weighted by Crippen LogP contribution is -2.21. The molecule has 6 nitrogen and oxygen atoms in total. The molecule has 0 radical (unpaired) electrons. The van der Waals surface area contributed by atoms with Gasteiger partial charge >= 0.3 is 5.97 Å². The molecule has 0 aliphatic rings. The monoisotopic (exact) mass is 315 g/mol. The van der Waals surface area contributed by atoms with Gasteiger partial charge < -0.3 is 9.47 Å². The fourth-order valence-electron chi connectivity index (χ4n) is 1.51. The van der Waals surface area contributed by atoms with Crippen LogP contribution in [0.3, 0.4) is 0 Å². The average Bonchev–Trinajstić information content (AvgIpc) is 2.37. The van der Waals surface area contributed by atoms with Crippen LogP contribution in [0.15, 0.2) is 23.1 Å². The van der Waals surface area contributed by atoms with Crippen LogP contribution >= 0.6 is 0 Å². The number of carbonyl (C=O) groups is 1. The number of hydrogen-bond donors (Lipinski definition) is 1. The van der Waals surface area contributed by atoms with Gasteiger partial charge in [0.15, 0.2) is 0 Å². The van der Waals surface area contributed by atoms with Crippen LogP contribution in [-0.2, 0) is 14.8 Å². The third kappa shape index (κ3) is 4.71. The molecule has 0 aliphatic heterocycles. The van der Waals surface area contributed by atoms with Gasteiger partial charge in [-0.1, -0.05) is 13.8 Å². The Labute approximate surface area is 125 Å². The van der Waals surface area contributed by atoms with E-state index in [0.29, 0.717) is 0 Å². The molecule has 1 unspecified atom stereocenters. The third-order valence-corrected chi connectivity index (χ3v) is 3.95. The molecule has 1 rings (SSSR count). The lowest BCUT2D eigenvalue weighted by molar-refractivity contribution is 0.0237. The molecule has 1 aromatic rings. The van der Waals surface area contributed by atoms with Crippen LogP contribution in [0.25, 0.3) is 0 Å². The van der Waals surface area contributed by atoms with E-state index in [0.717, 1.165) is 0 Å². The second-order valence-electron chi connectivity index (χ2n) is 4.99. The molecule has 1 atom stereocenters. The Morgan fingerprint density at radius 3 is 2.38 bits per heavy atom. The fourth-order valence-corrected chi connectivity index (χ4v) is 2.20. The van der Waals surface area contributed by atoms with E-state index in [4.69, 9.17) is 14.6 Å². The molecule has 0 aliphatic carbocycles. The summed E-state index contributed by atoms with van der Waals surface area (Å²) in [6.45, 7) is 7.63. The van der Waals surface area contributed by atoms with Crippen molar-refractivity contribution in [1.29, 1.82) is 0 Å². The molecule has 0 heterocycles. The van der Waals surface area contributed by atoms with E-state index < -0.39 is 16.0 Å². The third-order valence-electron chi connectivity index (χ3n) is 3.02. The van der Waals surface area contributed by atoms with Crippen LogP contribution in [0, 0.1) is 5.92 Å². The topological polar surface area (TPSA) is 95.7 Å². The minimum Gasteiger partial charge on any atom is -0.492 e. The summed E-state index contributed by atoms with van der Waals surface area (Å²) in [6.07, 6.45) is -0.276. The standard InChI is InChI=1S/C14H21NO5S/c1-5-19-12-7-6-11(8-13(12)21(15,17)18)14(16)20-10(4)9(2)3/h6-10H,5H2,1-4H3,(H2,15,17,18). The SMILES string of the molecule is CCOc1ccc(C(=O)OC(C)C(C)C)cc1S(N)(=O)=O. The van der Waals surface area contributed by atoms with E-state index >= 15 is 0 Å². The zero-order valence-corrected chi connectivity index (χ0v) is 13.4. The molecule has 0 bridgehead atoms. The zero-order valence-electron chi connectivity index (χ0n) is 12.6. The van der Waals surface area contributed by atoms with Gasteiger partial charge in [0.1, 0.15) is 16.7 Å². The van der Waals surface area contributed by atoms with Gasteiger partial charge in [-0.15, -0.1) is 0 Å². The molecule has 1 aromatic carbocycles. The van der Waals surface area contributed by atoms with Crippen LogP contribution < -0.4 is 9.88 Å². The van der Waals surface area contributed by atoms with Crippen molar-refractivity contribution in [3.05, 3.63) is 23.8 Å². The van der Waals surface area contributed by atoms with Crippen LogP contribution in [0.5, 0.6) is 5.75 Å². The number of carbonyl (C=O) groups excluding carboxylic acids is 1. The highest BCUT2D eigenvalue weighted by molar-refractivity contribution is 7.89. The number of primary sulfonamides is 1. The van der Waals surface area contributed by atoms with Gasteiger partial charge in [-0.3, -0.25) is 0 Å². The average molecular weight is 315 g/mol. The van der Waals surface area contributed by atoms with Crippen LogP contribution in [0.1, 0.15) is 38.1 Å². The summed E-state index contributed by atoms with van der Waals surface area (Å²) in [6, 6.07) is 4.03. The van der Waals surface area contributed by atoms with E-state index in [1.165, 1.54) is 18.2 Å². The maximum Gasteiger partial charge on any atom is 0.338 e. The Morgan fingerprint density at radius 2 is 1.90 bits per heavy atom. The number of hydrogen-bond acceptors (Lipinski definition) is 5. The van der Waals surface area contributed by atoms with E-state index in [-0.39, 0.29) is 34.8 Å². The number of sulfonamides is 1. The molecule has 0 saturated carbocycles. The first-order valence-corrected chi connectivity index (χ1v) is 8.22. The second kappa shape index (κ2) is 6.91. The molecule has 0 spiro atoms. The van der Waals surface area contributed by atoms with Crippen LogP contribution in [0.2, 0.25) is 0 Å². The quantitative estimate of drug-likeness (QED) is 0.809. The van der Waals surface area contributed by atoms with Crippen molar-refractivity contribution >= 4 is 16.0 Å². The van der Waals surface area contributed by atoms with Crippen molar-refractivity contribution in [2.75, 3.05) is 6.61 Å². The van der Waals surface area contributed by atoms with Crippen LogP contribution in [0.4, 0.5) is 0 Å². The Bertz CT molecular complexity index is 610. The first kappa shape index (κ1) is 17.5. The summed E-state index contributed by atoms with van der Waals surface area (Å²) >= 11 is 0. The van der Waals surface area contributed by atoms with Crippen molar-refractivity contribution in [2.24, 2.45) is 11.1 Å². The molecular formula is C14H21NO5S. The highest BCUT2D eigenvalue weighted by atomic mass is 32.2. The molecule has 118 valence electrons. The van der Waals surface area contributed by atoms with E-state index in [1.807, 2.05) is 13.8 Å². The minimum atomic E-state index is -3.99. The van der Waals surface area contributed by atoms with Crippen molar-refractivity contribution in [1.82, 2.24) is 0 Å². The summed E-state index contributed by atoms with van der Waals surface area (Å²) in [5.74, 6) is -0.313. The van der Waals surface area contributed by atoms with Gasteiger partial charge in [0.25, 0.3) is 0 Å². The van der Waals surface area contributed by atoms with E-state index in [9.17, 15) is 13.2 Å². The fraction of sp³-hybridized carbons (Fsp3) is 0.500. The normalized spacial score (nSPS) is 13.0. The van der Waals surface area contributed by atoms with Gasteiger partial charge in [-0.25, -0.2) is 18.4 Å². The highest BCUT2D eigenvalue weighted by Gasteiger charge is 2.20. The molecule has 21 heavy (non-hydrogen) atoms. The Hall–Kier alpha value is -1.60. The molecule has 0 amide bonds. The summed E-state index contributed by atoms with van der Waals surface area (Å²) in [5, 5.41) is 5.15. The predicted octanol–water partition coefficient (Wildman–Crippen LogP) is 1.93. The summed E-state index contributed by atoms with van der Waals surface area (Å²) in [5.41, 5.74) is 0.120. The van der Waals surface area contributed by atoms with Gasteiger partial charge in [-0.05, 0) is 38.0 Å². The first-order valence-electron chi connectivity index (χ1n) is 6.67. The van der Waals surface area contributed by atoms with E-state index in [2.05, 4.69) is 0 Å². The summed E-state index contributed by atoms with van der Waals surface area (Å²) < 4.78 is 33.6. The van der Waals surface area contributed by atoms with Crippen molar-refractivity contribution in [3.63, 3.8) is 0 Å². The van der Waals surface area contributed by atoms with E-state index in [1.54, 1.807) is 13.8 Å². The molecular weight excluding hydrogens is 294 g/mol. The van der Waals surface area contributed by atoms with Crippen molar-refractivity contribution < 1.29 is 22.7 Å². The largest absolute Gasteiger partial charge is 0.492 e. The van der Waals surface area contributed by atoms with Gasteiger partial charge in [-0.2, -0.15) is 0 Å². The Kier molecular flexibility index (Phi) is 5.74. The Morgan fingerprint density at radius 1 is 1.29 bits per heavy atom. The van der Waals surface area contributed by atoms with Gasteiger partial charge in [0.05, 0.1) is 12.2 Å². The first-order chi connectivity index (χ1) is 9.66. The molecule has 0 saturated heterocycles. The maximum absolute atomic E-state index is 12.0. The number of ether oxygens (including phenoxy) is 2. The number of benzene rings is 1. The second-order valence-corrected chi connectivity index (χ2v) is 6.52. The summed E-state index contributed by atoms with van der Waals surface area (Å²) in [7, 11) is -3.99. The molecule has 7 heteroatoms. The number of rotatable bonds is 6. The Balaban J connectivity index is 3.14. The van der Waals surface area contributed by atoms with Crippen LogP contribution in [-0.4, -0.2) is 27.1 Å². The molecule has 2 N–H and O–H groups in total. The highest BCUT2D eigenvalue weighted by Crippen LogP contribution is 2.25. The zero-order chi connectivity index (χ0) is 16.2.